The molecule has 22 heavy (non-hydrogen) atoms. The Morgan fingerprint density at radius 2 is 2.23 bits per heavy atom. The van der Waals surface area contributed by atoms with Gasteiger partial charge in [0.15, 0.2) is 11.5 Å². The molecule has 2 unspecified atom stereocenters. The monoisotopic (exact) mass is 323 g/mol. The van der Waals surface area contributed by atoms with Crippen molar-refractivity contribution in [3.8, 4) is 11.5 Å². The fourth-order valence-electron chi connectivity index (χ4n) is 1.83. The lowest BCUT2D eigenvalue weighted by Crippen LogP contribution is -2.12. The summed E-state index contributed by atoms with van der Waals surface area (Å²) in [6, 6.07) is 8.03. The second-order valence-corrected chi connectivity index (χ2v) is 4.96. The Hall–Kier alpha value is -2.21. The lowest BCUT2D eigenvalue weighted by molar-refractivity contribution is 0.215. The third kappa shape index (κ3) is 4.39. The topological polar surface area (TPSA) is 101 Å². The first-order valence-corrected chi connectivity index (χ1v) is 7.68. The van der Waals surface area contributed by atoms with Crippen LogP contribution in [0.2, 0.25) is 0 Å². The number of benzene rings is 1. The predicted octanol–water partition coefficient (Wildman–Crippen LogP) is 2.96. The van der Waals surface area contributed by atoms with Gasteiger partial charge in [-0.15, -0.1) is 4.89 Å². The second kappa shape index (κ2) is 7.70. The van der Waals surface area contributed by atoms with E-state index < -0.39 is 14.5 Å². The second-order valence-electron chi connectivity index (χ2n) is 4.27. The molecule has 1 heterocycles. The Morgan fingerprint density at radius 3 is 2.86 bits per heavy atom. The van der Waals surface area contributed by atoms with Crippen LogP contribution < -0.4 is 10.1 Å². The van der Waals surface area contributed by atoms with E-state index in [4.69, 9.17) is 14.2 Å². The Morgan fingerprint density at radius 1 is 1.41 bits per heavy atom. The van der Waals surface area contributed by atoms with Crippen LogP contribution in [0.5, 0.6) is 11.5 Å². The predicted molar refractivity (Wildman–Crippen MR) is 80.8 cm³/mol. The fraction of sp³-hybridized carbons (Fsp3) is 0.214. The molecule has 7 nitrogen and oxygen atoms in total. The summed E-state index contributed by atoms with van der Waals surface area (Å²) in [5, 5.41) is 12.7. The van der Waals surface area contributed by atoms with Crippen molar-refractivity contribution < 1.29 is 23.8 Å². The minimum Gasteiger partial charge on any atom is -0.504 e. The molecular formula is C14H16N2O5P+. The Balaban J connectivity index is 2.28. The van der Waals surface area contributed by atoms with E-state index in [1.54, 1.807) is 43.6 Å². The molecule has 0 aliphatic heterocycles. The highest BCUT2D eigenvalue weighted by atomic mass is 31.1. The highest BCUT2D eigenvalue weighted by Gasteiger charge is 2.25. The molecule has 0 aliphatic rings. The van der Waals surface area contributed by atoms with Gasteiger partial charge in [0.1, 0.15) is 0 Å². The first kappa shape index (κ1) is 16.2. The standard InChI is InChI=1S/C14H15N2O5P/c1-2-20-13-8-10(5-6-12(13)17)14(21-22(18)19)16-11-4-3-7-15-9-11/h3-9,14,16H,2H2,1H3,(H-,17,18,19)/p+1. The van der Waals surface area contributed by atoms with Crippen LogP contribution in [0.25, 0.3) is 0 Å². The van der Waals surface area contributed by atoms with Crippen molar-refractivity contribution in [3.05, 3.63) is 48.3 Å². The Bertz CT molecular complexity index is 638. The summed E-state index contributed by atoms with van der Waals surface area (Å²) in [5.41, 5.74) is 1.15. The van der Waals surface area contributed by atoms with Gasteiger partial charge in [0.25, 0.3) is 0 Å². The van der Waals surface area contributed by atoms with E-state index in [9.17, 15) is 9.67 Å². The quantitative estimate of drug-likeness (QED) is 0.532. The fourth-order valence-corrected chi connectivity index (χ4v) is 2.18. The molecule has 0 saturated carbocycles. The van der Waals surface area contributed by atoms with Crippen molar-refractivity contribution in [2.24, 2.45) is 0 Å². The molecule has 3 N–H and O–H groups in total. The lowest BCUT2D eigenvalue weighted by atomic mass is 10.1. The number of pyridine rings is 1. The number of ether oxygens (including phenoxy) is 1. The van der Waals surface area contributed by atoms with Crippen LogP contribution in [-0.4, -0.2) is 21.6 Å². The first-order valence-electron chi connectivity index (χ1n) is 6.55. The molecular weight excluding hydrogens is 307 g/mol. The maximum absolute atomic E-state index is 11.0. The van der Waals surface area contributed by atoms with Crippen LogP contribution in [0.1, 0.15) is 18.7 Å². The zero-order valence-corrected chi connectivity index (χ0v) is 12.7. The first-order chi connectivity index (χ1) is 10.6. The molecule has 1 aromatic heterocycles. The molecule has 2 aromatic rings. The maximum atomic E-state index is 11.0. The molecule has 0 fully saturated rings. The van der Waals surface area contributed by atoms with Gasteiger partial charge >= 0.3 is 8.25 Å². The van der Waals surface area contributed by atoms with E-state index in [0.29, 0.717) is 17.9 Å². The number of anilines is 1. The zero-order chi connectivity index (χ0) is 15.9. The number of nitrogens with zero attached hydrogens (tertiary/aromatic N) is 1. The SMILES string of the molecule is CCOc1cc(C(Nc2cccnc2)O[P+](=O)O)ccc1O. The molecule has 0 bridgehead atoms. The van der Waals surface area contributed by atoms with E-state index in [1.807, 2.05) is 0 Å². The van der Waals surface area contributed by atoms with Gasteiger partial charge in [-0.05, 0) is 31.2 Å². The third-order valence-corrected chi connectivity index (χ3v) is 3.13. The number of rotatable bonds is 7. The average Bonchev–Trinajstić information content (AvgIpc) is 2.50. The Kier molecular flexibility index (Phi) is 5.66. The van der Waals surface area contributed by atoms with Crippen molar-refractivity contribution in [2.45, 2.75) is 13.2 Å². The minimum absolute atomic E-state index is 0.0147. The molecule has 8 heteroatoms. The van der Waals surface area contributed by atoms with Gasteiger partial charge in [-0.2, -0.15) is 0 Å². The largest absolute Gasteiger partial charge is 0.697 e. The average molecular weight is 323 g/mol. The summed E-state index contributed by atoms with van der Waals surface area (Å²) < 4.78 is 21.3. The number of nitrogens with one attached hydrogen (secondary N) is 1. The molecule has 2 atom stereocenters. The van der Waals surface area contributed by atoms with Gasteiger partial charge in [-0.3, -0.25) is 4.98 Å². The van der Waals surface area contributed by atoms with Gasteiger partial charge in [-0.1, -0.05) is 10.6 Å². The summed E-state index contributed by atoms with van der Waals surface area (Å²) in [5.74, 6) is 0.258. The van der Waals surface area contributed by atoms with E-state index in [2.05, 4.69) is 10.3 Å². The number of phenols is 1. The smallest absolute Gasteiger partial charge is 0.504 e. The molecule has 1 aromatic carbocycles. The van der Waals surface area contributed by atoms with Crippen LogP contribution in [-0.2, 0) is 9.09 Å². The maximum Gasteiger partial charge on any atom is 0.697 e. The molecule has 116 valence electrons. The van der Waals surface area contributed by atoms with Crippen LogP contribution in [0.4, 0.5) is 5.69 Å². The number of hydrogen-bond acceptors (Lipinski definition) is 6. The number of phenolic OH excluding ortho intramolecular Hbond substituents is 1. The van der Waals surface area contributed by atoms with E-state index >= 15 is 0 Å². The van der Waals surface area contributed by atoms with Crippen LogP contribution in [0, 0.1) is 0 Å². The normalized spacial score (nSPS) is 12.5. The summed E-state index contributed by atoms with van der Waals surface area (Å²) in [7, 11) is -2.82. The Labute approximate surface area is 128 Å². The summed E-state index contributed by atoms with van der Waals surface area (Å²) in [6.07, 6.45) is 2.28. The summed E-state index contributed by atoms with van der Waals surface area (Å²) in [6.45, 7) is 2.17. The molecule has 2 rings (SSSR count). The molecule has 0 radical (unpaired) electrons. The van der Waals surface area contributed by atoms with Crippen molar-refractivity contribution in [1.29, 1.82) is 0 Å². The molecule has 0 spiro atoms. The van der Waals surface area contributed by atoms with Crippen molar-refractivity contribution in [1.82, 2.24) is 4.98 Å². The number of aromatic hydroxyl groups is 1. The molecule has 0 amide bonds. The van der Waals surface area contributed by atoms with E-state index in [1.165, 1.54) is 6.07 Å². The molecule has 0 saturated heterocycles. The molecule has 0 aliphatic carbocycles. The van der Waals surface area contributed by atoms with Crippen molar-refractivity contribution >= 4 is 13.9 Å². The van der Waals surface area contributed by atoms with Gasteiger partial charge in [0, 0.05) is 16.3 Å². The highest BCUT2D eigenvalue weighted by molar-refractivity contribution is 7.32. The van der Waals surface area contributed by atoms with Gasteiger partial charge in [0.05, 0.1) is 18.5 Å². The van der Waals surface area contributed by atoms with E-state index in [-0.39, 0.29) is 11.5 Å². The zero-order valence-electron chi connectivity index (χ0n) is 11.8. The van der Waals surface area contributed by atoms with Gasteiger partial charge < -0.3 is 15.2 Å². The van der Waals surface area contributed by atoms with Crippen LogP contribution >= 0.6 is 8.25 Å². The van der Waals surface area contributed by atoms with Gasteiger partial charge in [0.2, 0.25) is 6.23 Å². The lowest BCUT2D eigenvalue weighted by Gasteiger charge is -2.15. The number of hydrogen-bond donors (Lipinski definition) is 3. The number of aromatic nitrogens is 1. The summed E-state index contributed by atoms with van der Waals surface area (Å²) >= 11 is 0. The highest BCUT2D eigenvalue weighted by Crippen LogP contribution is 2.34. The van der Waals surface area contributed by atoms with Gasteiger partial charge in [-0.25, -0.2) is 0 Å². The van der Waals surface area contributed by atoms with Crippen molar-refractivity contribution in [3.63, 3.8) is 0 Å². The third-order valence-electron chi connectivity index (χ3n) is 2.74. The van der Waals surface area contributed by atoms with Crippen molar-refractivity contribution in [2.75, 3.05) is 11.9 Å². The van der Waals surface area contributed by atoms with Crippen LogP contribution in [0.3, 0.4) is 0 Å². The van der Waals surface area contributed by atoms with Crippen LogP contribution in [0.15, 0.2) is 42.7 Å². The van der Waals surface area contributed by atoms with E-state index in [0.717, 1.165) is 0 Å². The summed E-state index contributed by atoms with van der Waals surface area (Å²) in [4.78, 5) is 13.0. The minimum atomic E-state index is -2.82.